The maximum absolute atomic E-state index is 2.27. The van der Waals surface area contributed by atoms with Crippen molar-refractivity contribution in [2.45, 2.75) is 25.7 Å². The molecule has 1 heterocycles. The first kappa shape index (κ1) is 5.48. The SMILES string of the molecule is CCC1Cc2ccsc21. The normalized spacial score (nSPS) is 23.0. The molecule has 0 amide bonds. The minimum Gasteiger partial charge on any atom is -0.148 e. The second-order valence-corrected chi connectivity index (χ2v) is 3.57. The van der Waals surface area contributed by atoms with Gasteiger partial charge in [-0.3, -0.25) is 0 Å². The molecule has 0 saturated carbocycles. The Kier molecular flexibility index (Phi) is 1.12. The number of hydrogen-bond acceptors (Lipinski definition) is 1. The smallest absolute Gasteiger partial charge is 0.0112 e. The van der Waals surface area contributed by atoms with E-state index in [-0.39, 0.29) is 0 Å². The van der Waals surface area contributed by atoms with E-state index in [1.807, 2.05) is 11.3 Å². The summed E-state index contributed by atoms with van der Waals surface area (Å²) in [4.78, 5) is 1.65. The molecule has 0 radical (unpaired) electrons. The van der Waals surface area contributed by atoms with Gasteiger partial charge in [-0.05, 0) is 35.8 Å². The summed E-state index contributed by atoms with van der Waals surface area (Å²) in [5.74, 6) is 0.917. The van der Waals surface area contributed by atoms with Crippen LogP contribution in [0.3, 0.4) is 0 Å². The zero-order valence-corrected chi connectivity index (χ0v) is 6.37. The molecule has 1 aliphatic rings. The summed E-state index contributed by atoms with van der Waals surface area (Å²) < 4.78 is 0. The molecule has 1 aromatic heterocycles. The van der Waals surface area contributed by atoms with Crippen molar-refractivity contribution in [3.8, 4) is 0 Å². The minimum atomic E-state index is 0.917. The molecule has 1 atom stereocenters. The lowest BCUT2D eigenvalue weighted by atomic mass is 9.84. The van der Waals surface area contributed by atoms with Gasteiger partial charge in [-0.1, -0.05) is 6.92 Å². The van der Waals surface area contributed by atoms with Crippen LogP contribution in [-0.4, -0.2) is 0 Å². The summed E-state index contributed by atoms with van der Waals surface area (Å²) in [7, 11) is 0. The molecular formula is C8H10S. The highest BCUT2D eigenvalue weighted by atomic mass is 32.1. The molecule has 48 valence electrons. The van der Waals surface area contributed by atoms with Gasteiger partial charge in [0.1, 0.15) is 0 Å². The number of rotatable bonds is 1. The van der Waals surface area contributed by atoms with Crippen molar-refractivity contribution in [1.29, 1.82) is 0 Å². The van der Waals surface area contributed by atoms with Crippen LogP contribution in [0.5, 0.6) is 0 Å². The van der Waals surface area contributed by atoms with Gasteiger partial charge in [0.2, 0.25) is 0 Å². The molecule has 9 heavy (non-hydrogen) atoms. The Morgan fingerprint density at radius 2 is 2.67 bits per heavy atom. The standard InChI is InChI=1S/C8H10S/c1-2-6-5-7-3-4-9-8(6)7/h3-4,6H,2,5H2,1H3. The molecule has 0 aliphatic heterocycles. The van der Waals surface area contributed by atoms with E-state index in [0.717, 1.165) is 5.92 Å². The van der Waals surface area contributed by atoms with E-state index in [1.165, 1.54) is 12.8 Å². The Hall–Kier alpha value is -0.300. The molecule has 0 bridgehead atoms. The average molecular weight is 138 g/mol. The van der Waals surface area contributed by atoms with E-state index in [2.05, 4.69) is 18.4 Å². The molecule has 0 spiro atoms. The lowest BCUT2D eigenvalue weighted by Crippen LogP contribution is -2.11. The quantitative estimate of drug-likeness (QED) is 0.559. The van der Waals surface area contributed by atoms with Crippen molar-refractivity contribution in [2.24, 2.45) is 0 Å². The van der Waals surface area contributed by atoms with Crippen LogP contribution in [0.1, 0.15) is 29.7 Å². The largest absolute Gasteiger partial charge is 0.148 e. The Morgan fingerprint density at radius 3 is 3.33 bits per heavy atom. The Balaban J connectivity index is 2.31. The highest BCUT2D eigenvalue weighted by Crippen LogP contribution is 2.40. The van der Waals surface area contributed by atoms with Crippen LogP contribution < -0.4 is 0 Å². The molecule has 1 aromatic rings. The predicted molar refractivity (Wildman–Crippen MR) is 41.1 cm³/mol. The predicted octanol–water partition coefficient (Wildman–Crippen LogP) is 2.80. The van der Waals surface area contributed by atoms with Crippen molar-refractivity contribution >= 4 is 11.3 Å². The van der Waals surface area contributed by atoms with E-state index >= 15 is 0 Å². The Labute approximate surface area is 59.5 Å². The van der Waals surface area contributed by atoms with Crippen molar-refractivity contribution < 1.29 is 0 Å². The average Bonchev–Trinajstić information content (AvgIpc) is 2.14. The van der Waals surface area contributed by atoms with E-state index in [9.17, 15) is 0 Å². The van der Waals surface area contributed by atoms with Crippen LogP contribution in [0.2, 0.25) is 0 Å². The summed E-state index contributed by atoms with van der Waals surface area (Å²) in [6.07, 6.45) is 2.67. The topological polar surface area (TPSA) is 0 Å². The van der Waals surface area contributed by atoms with E-state index in [4.69, 9.17) is 0 Å². The first-order valence-electron chi connectivity index (χ1n) is 3.48. The van der Waals surface area contributed by atoms with Crippen LogP contribution in [0.4, 0.5) is 0 Å². The van der Waals surface area contributed by atoms with Crippen molar-refractivity contribution in [2.75, 3.05) is 0 Å². The highest BCUT2D eigenvalue weighted by Gasteiger charge is 2.24. The van der Waals surface area contributed by atoms with Crippen LogP contribution in [-0.2, 0) is 6.42 Å². The molecule has 2 rings (SSSR count). The number of fused-ring (bicyclic) bond motifs is 1. The van der Waals surface area contributed by atoms with Gasteiger partial charge in [0, 0.05) is 4.88 Å². The molecule has 0 N–H and O–H groups in total. The van der Waals surface area contributed by atoms with Crippen LogP contribution >= 0.6 is 11.3 Å². The second kappa shape index (κ2) is 1.84. The maximum Gasteiger partial charge on any atom is 0.0112 e. The van der Waals surface area contributed by atoms with Crippen LogP contribution in [0.15, 0.2) is 11.4 Å². The minimum absolute atomic E-state index is 0.917. The third-order valence-electron chi connectivity index (χ3n) is 2.11. The zero-order chi connectivity index (χ0) is 6.27. The van der Waals surface area contributed by atoms with Gasteiger partial charge >= 0.3 is 0 Å². The van der Waals surface area contributed by atoms with Gasteiger partial charge in [-0.2, -0.15) is 0 Å². The lowest BCUT2D eigenvalue weighted by Gasteiger charge is -2.24. The molecule has 1 aliphatic carbocycles. The van der Waals surface area contributed by atoms with Crippen molar-refractivity contribution in [3.05, 3.63) is 21.9 Å². The second-order valence-electron chi connectivity index (χ2n) is 2.62. The van der Waals surface area contributed by atoms with E-state index in [0.29, 0.717) is 0 Å². The Morgan fingerprint density at radius 1 is 1.78 bits per heavy atom. The zero-order valence-electron chi connectivity index (χ0n) is 5.55. The first-order chi connectivity index (χ1) is 4.42. The van der Waals surface area contributed by atoms with Gasteiger partial charge in [0.05, 0.1) is 0 Å². The summed E-state index contributed by atoms with van der Waals surface area (Å²) in [5.41, 5.74) is 1.60. The van der Waals surface area contributed by atoms with E-state index < -0.39 is 0 Å². The fourth-order valence-electron chi connectivity index (χ4n) is 1.43. The summed E-state index contributed by atoms with van der Waals surface area (Å²) in [6.45, 7) is 2.27. The summed E-state index contributed by atoms with van der Waals surface area (Å²) in [6, 6.07) is 2.26. The van der Waals surface area contributed by atoms with E-state index in [1.54, 1.807) is 10.4 Å². The first-order valence-corrected chi connectivity index (χ1v) is 4.36. The van der Waals surface area contributed by atoms with Gasteiger partial charge < -0.3 is 0 Å². The molecule has 1 unspecified atom stereocenters. The highest BCUT2D eigenvalue weighted by molar-refractivity contribution is 7.10. The van der Waals surface area contributed by atoms with Gasteiger partial charge in [-0.15, -0.1) is 11.3 Å². The Bertz CT molecular complexity index is 212. The molecule has 1 heteroatoms. The molecule has 0 nitrogen and oxygen atoms in total. The van der Waals surface area contributed by atoms with Crippen molar-refractivity contribution in [3.63, 3.8) is 0 Å². The fourth-order valence-corrected chi connectivity index (χ4v) is 2.56. The molecular weight excluding hydrogens is 128 g/mol. The third kappa shape index (κ3) is 0.645. The van der Waals surface area contributed by atoms with Crippen LogP contribution in [0, 0.1) is 0 Å². The van der Waals surface area contributed by atoms with Gasteiger partial charge in [-0.25, -0.2) is 0 Å². The molecule has 0 saturated heterocycles. The van der Waals surface area contributed by atoms with Gasteiger partial charge in [0.15, 0.2) is 0 Å². The molecule has 0 fully saturated rings. The summed E-state index contributed by atoms with van der Waals surface area (Å²) >= 11 is 1.92. The van der Waals surface area contributed by atoms with Gasteiger partial charge in [0.25, 0.3) is 0 Å². The third-order valence-corrected chi connectivity index (χ3v) is 3.23. The maximum atomic E-state index is 2.27. The molecule has 0 aromatic carbocycles. The summed E-state index contributed by atoms with van der Waals surface area (Å²) in [5, 5.41) is 2.21. The van der Waals surface area contributed by atoms with Crippen LogP contribution in [0.25, 0.3) is 0 Å². The number of hydrogen-bond donors (Lipinski definition) is 0. The fraction of sp³-hybridized carbons (Fsp3) is 0.500. The lowest BCUT2D eigenvalue weighted by molar-refractivity contribution is 0.606. The monoisotopic (exact) mass is 138 g/mol. The number of thiophene rings is 1. The van der Waals surface area contributed by atoms with Crippen molar-refractivity contribution in [1.82, 2.24) is 0 Å².